The smallest absolute Gasteiger partial charge is 0.304 e. The van der Waals surface area contributed by atoms with Crippen LogP contribution in [0.4, 0.5) is 0 Å². The van der Waals surface area contributed by atoms with E-state index in [1.54, 1.807) is 0 Å². The van der Waals surface area contributed by atoms with Crippen LogP contribution in [0.2, 0.25) is 0 Å². The Bertz CT molecular complexity index is 410. The van der Waals surface area contributed by atoms with Crippen molar-refractivity contribution in [2.24, 2.45) is 10.8 Å². The average molecular weight is 589 g/mol. The predicted molar refractivity (Wildman–Crippen MR) is 143 cm³/mol. The first-order chi connectivity index (χ1) is 16.8. The summed E-state index contributed by atoms with van der Waals surface area (Å²) in [6.07, 6.45) is 1.06. The number of carbonyl (C=O) groups is 3. The van der Waals surface area contributed by atoms with Gasteiger partial charge in [-0.3, -0.25) is 14.4 Å². The highest BCUT2D eigenvalue weighted by atomic mass is 32.1. The fourth-order valence-electron chi connectivity index (χ4n) is 1.07. The number of hydrogen-bond acceptors (Lipinski definition) is 13. The van der Waals surface area contributed by atoms with Crippen LogP contribution in [-0.2, 0) is 14.4 Å². The highest BCUT2D eigenvalue weighted by Crippen LogP contribution is 2.18. The summed E-state index contributed by atoms with van der Waals surface area (Å²) in [4.78, 5) is 28.7. The molecule has 16 heteroatoms. The average Bonchev–Trinajstić information content (AvgIpc) is 2.84. The van der Waals surface area contributed by atoms with Crippen molar-refractivity contribution in [1.29, 1.82) is 0 Å². The third-order valence-corrected chi connectivity index (χ3v) is 4.75. The Morgan fingerprint density at radius 3 is 0.694 bits per heavy atom. The Morgan fingerprint density at radius 1 is 0.500 bits per heavy atom. The van der Waals surface area contributed by atoms with Crippen LogP contribution in [0.5, 0.6) is 0 Å². The van der Waals surface area contributed by atoms with E-state index in [0.717, 1.165) is 0 Å². The van der Waals surface area contributed by atoms with Gasteiger partial charge in [-0.2, -0.15) is 37.9 Å². The van der Waals surface area contributed by atoms with Gasteiger partial charge in [-0.1, -0.05) is 6.92 Å². The summed E-state index contributed by atoms with van der Waals surface area (Å²) in [6.45, 7) is -0.272. The Labute approximate surface area is 228 Å². The Balaban J connectivity index is -0.000000113. The highest BCUT2D eigenvalue weighted by Gasteiger charge is 2.26. The first-order valence-electron chi connectivity index (χ1n) is 10.5. The standard InChI is InChI=1S/C6H14O3.C5H12O4.3C3H6O2S/c1-2-6(3-7,4-8)5-9;6-1-5(2-7,3-8)4-9;3*4-3(5)1-2-6/h7-9H,2-5H2,1H3;6-9H,1-4H2;3*6H,1-2H2,(H,4,5). The predicted octanol–water partition coefficient (Wildman–Crippen LogP) is -1.53. The summed E-state index contributed by atoms with van der Waals surface area (Å²) in [6, 6.07) is 0. The fourth-order valence-corrected chi connectivity index (χ4v) is 1.65. The lowest BCUT2D eigenvalue weighted by Crippen LogP contribution is -2.37. The van der Waals surface area contributed by atoms with Gasteiger partial charge in [0, 0.05) is 22.7 Å². The van der Waals surface area contributed by atoms with Crippen LogP contribution in [0.1, 0.15) is 32.6 Å². The maximum atomic E-state index is 9.55. The number of aliphatic carboxylic acids is 3. The molecule has 13 nitrogen and oxygen atoms in total. The molecule has 0 aliphatic rings. The lowest BCUT2D eigenvalue weighted by Gasteiger charge is -2.24. The van der Waals surface area contributed by atoms with Gasteiger partial charge in [0.15, 0.2) is 0 Å². The number of aliphatic hydroxyl groups excluding tert-OH is 7. The number of aliphatic hydroxyl groups is 7. The summed E-state index contributed by atoms with van der Waals surface area (Å²) < 4.78 is 0. The first kappa shape index (κ1) is 45.1. The number of carboxylic acids is 3. The lowest BCUT2D eigenvalue weighted by molar-refractivity contribution is -0.137. The van der Waals surface area contributed by atoms with Gasteiger partial charge in [0.1, 0.15) is 0 Å². The second-order valence-corrected chi connectivity index (χ2v) is 8.40. The molecule has 0 spiro atoms. The van der Waals surface area contributed by atoms with Crippen LogP contribution < -0.4 is 0 Å². The molecule has 36 heavy (non-hydrogen) atoms. The Hall–Kier alpha value is -0.820. The summed E-state index contributed by atoms with van der Waals surface area (Å²) in [5, 5.41) is 83.5. The van der Waals surface area contributed by atoms with Crippen LogP contribution in [0, 0.1) is 10.8 Å². The lowest BCUT2D eigenvalue weighted by atomic mass is 9.88. The summed E-state index contributed by atoms with van der Waals surface area (Å²) in [5.74, 6) is -1.08. The molecule has 0 saturated carbocycles. The van der Waals surface area contributed by atoms with Gasteiger partial charge in [0.25, 0.3) is 0 Å². The number of hydrogen-bond donors (Lipinski definition) is 13. The van der Waals surface area contributed by atoms with Crippen molar-refractivity contribution in [3.63, 3.8) is 0 Å². The number of carboxylic acid groups (broad SMARTS) is 3. The molecule has 0 bridgehead atoms. The Morgan fingerprint density at radius 2 is 0.694 bits per heavy atom. The van der Waals surface area contributed by atoms with Crippen molar-refractivity contribution in [3.8, 4) is 0 Å². The van der Waals surface area contributed by atoms with Gasteiger partial charge in [-0.15, -0.1) is 0 Å². The van der Waals surface area contributed by atoms with E-state index in [-0.39, 0.29) is 39.1 Å². The van der Waals surface area contributed by atoms with Crippen LogP contribution >= 0.6 is 37.9 Å². The minimum atomic E-state index is -1.11. The Kier molecular flexibility index (Phi) is 40.4. The molecule has 0 radical (unpaired) electrons. The highest BCUT2D eigenvalue weighted by molar-refractivity contribution is 7.80. The van der Waals surface area contributed by atoms with Crippen molar-refractivity contribution in [2.75, 3.05) is 63.5 Å². The third-order valence-electron chi connectivity index (χ3n) is 4.07. The van der Waals surface area contributed by atoms with E-state index in [4.69, 9.17) is 51.1 Å². The zero-order valence-corrected chi connectivity index (χ0v) is 23.1. The van der Waals surface area contributed by atoms with Gasteiger partial charge in [-0.25, -0.2) is 0 Å². The molecule has 220 valence electrons. The number of thiol groups is 3. The summed E-state index contributed by atoms with van der Waals surface area (Å²) >= 11 is 11.0. The van der Waals surface area contributed by atoms with E-state index in [1.807, 2.05) is 6.92 Å². The molecule has 0 amide bonds. The fraction of sp³-hybridized carbons (Fsp3) is 0.850. The monoisotopic (exact) mass is 588 g/mol. The van der Waals surface area contributed by atoms with E-state index in [2.05, 4.69) is 37.9 Å². The molecule has 0 unspecified atom stereocenters. The first-order valence-corrected chi connectivity index (χ1v) is 12.4. The van der Waals surface area contributed by atoms with E-state index in [9.17, 15) is 14.4 Å². The van der Waals surface area contributed by atoms with Crippen molar-refractivity contribution in [1.82, 2.24) is 0 Å². The topological polar surface area (TPSA) is 254 Å². The molecule has 0 rings (SSSR count). The largest absolute Gasteiger partial charge is 0.481 e. The van der Waals surface area contributed by atoms with E-state index >= 15 is 0 Å². The minimum Gasteiger partial charge on any atom is -0.481 e. The number of rotatable bonds is 14. The maximum Gasteiger partial charge on any atom is 0.304 e. The zero-order valence-electron chi connectivity index (χ0n) is 20.4. The molecule has 0 atom stereocenters. The van der Waals surface area contributed by atoms with E-state index < -0.39 is 55.2 Å². The second-order valence-electron chi connectivity index (χ2n) is 7.06. The van der Waals surface area contributed by atoms with Crippen LogP contribution in [0.3, 0.4) is 0 Å². The summed E-state index contributed by atoms with van der Waals surface area (Å²) in [5.41, 5.74) is -1.78. The SMILES string of the molecule is CCC(CO)(CO)CO.O=C(O)CCS.O=C(O)CCS.O=C(O)CCS.OCC(CO)(CO)CO. The molecule has 0 saturated heterocycles. The second kappa shape index (κ2) is 32.2. The third kappa shape index (κ3) is 33.2. The van der Waals surface area contributed by atoms with Gasteiger partial charge in [0.2, 0.25) is 0 Å². The van der Waals surface area contributed by atoms with E-state index in [1.165, 1.54) is 0 Å². The molecule has 0 aromatic carbocycles. The minimum absolute atomic E-state index is 0.156. The van der Waals surface area contributed by atoms with Crippen molar-refractivity contribution in [3.05, 3.63) is 0 Å². The van der Waals surface area contributed by atoms with Crippen LogP contribution in [0.25, 0.3) is 0 Å². The van der Waals surface area contributed by atoms with Crippen LogP contribution in [0.15, 0.2) is 0 Å². The normalized spacial score (nSPS) is 10.1. The maximum absolute atomic E-state index is 9.55. The van der Waals surface area contributed by atoms with Gasteiger partial charge in [-0.05, 0) is 6.42 Å². The molecule has 0 aliphatic carbocycles. The molecule has 0 fully saturated rings. The molecular formula is C20H44O13S3. The molecule has 0 heterocycles. The molecule has 0 aromatic heterocycles. The van der Waals surface area contributed by atoms with Crippen molar-refractivity contribution < 1.29 is 65.4 Å². The van der Waals surface area contributed by atoms with Crippen LogP contribution in [-0.4, -0.2) is 132 Å². The quantitative estimate of drug-likeness (QED) is 0.103. The molecule has 0 aliphatic heterocycles. The van der Waals surface area contributed by atoms with Gasteiger partial charge >= 0.3 is 17.9 Å². The molecular weight excluding hydrogens is 544 g/mol. The van der Waals surface area contributed by atoms with Gasteiger partial charge in [0.05, 0.1) is 70.9 Å². The zero-order chi connectivity index (χ0) is 29.6. The van der Waals surface area contributed by atoms with E-state index in [0.29, 0.717) is 23.7 Å². The summed E-state index contributed by atoms with van der Waals surface area (Å²) in [7, 11) is 0. The molecule has 10 N–H and O–H groups in total. The molecule has 0 aromatic rings. The van der Waals surface area contributed by atoms with Crippen molar-refractivity contribution >= 4 is 55.8 Å². The van der Waals surface area contributed by atoms with Gasteiger partial charge < -0.3 is 51.1 Å². The van der Waals surface area contributed by atoms with Crippen molar-refractivity contribution in [2.45, 2.75) is 32.6 Å².